The van der Waals surface area contributed by atoms with Crippen LogP contribution >= 0.6 is 0 Å². The third kappa shape index (κ3) is 6.75. The van der Waals surface area contributed by atoms with Crippen molar-refractivity contribution >= 4 is 50.7 Å². The van der Waals surface area contributed by atoms with E-state index in [0.29, 0.717) is 62.7 Å². The fourth-order valence-corrected chi connectivity index (χ4v) is 12.0. The number of nitrogens with one attached hydrogen (secondary N) is 2. The van der Waals surface area contributed by atoms with Gasteiger partial charge in [-0.05, 0) is 107 Å². The van der Waals surface area contributed by atoms with Crippen LogP contribution in [0.25, 0.3) is 11.0 Å². The zero-order valence-corrected chi connectivity index (χ0v) is 34.7. The van der Waals surface area contributed by atoms with Gasteiger partial charge in [-0.1, -0.05) is 25.5 Å². The molecule has 58 heavy (non-hydrogen) atoms. The number of hydrogen-bond acceptors (Lipinski definition) is 10. The lowest BCUT2D eigenvalue weighted by Gasteiger charge is -2.35. The van der Waals surface area contributed by atoms with Gasteiger partial charge in [0.25, 0.3) is 10.2 Å². The highest BCUT2D eigenvalue weighted by Gasteiger charge is 2.62. The number of benzene rings is 1. The highest BCUT2D eigenvalue weighted by atomic mass is 32.2. The van der Waals surface area contributed by atoms with Crippen LogP contribution in [0.5, 0.6) is 0 Å². The number of aryl methyl sites for hydroxylation is 1. The van der Waals surface area contributed by atoms with Crippen LogP contribution in [-0.2, 0) is 37.1 Å². The second-order valence-corrected chi connectivity index (χ2v) is 19.7. The molecular formula is C41H56N10O6S. The second kappa shape index (κ2) is 15.1. The van der Waals surface area contributed by atoms with E-state index >= 15 is 0 Å². The van der Waals surface area contributed by atoms with Crippen LogP contribution in [0.2, 0.25) is 0 Å². The lowest BCUT2D eigenvalue weighted by molar-refractivity contribution is -0.135. The predicted octanol–water partition coefficient (Wildman–Crippen LogP) is 3.00. The minimum absolute atomic E-state index is 0.0330. The average molecular weight is 817 g/mol. The summed E-state index contributed by atoms with van der Waals surface area (Å²) >= 11 is 0. The van der Waals surface area contributed by atoms with E-state index in [-0.39, 0.29) is 41.9 Å². The Balaban J connectivity index is 0.754. The van der Waals surface area contributed by atoms with Gasteiger partial charge in [0.2, 0.25) is 23.7 Å². The molecule has 2 saturated carbocycles. The van der Waals surface area contributed by atoms with Crippen LogP contribution < -0.4 is 21.2 Å². The van der Waals surface area contributed by atoms with E-state index in [1.807, 2.05) is 23.2 Å². The van der Waals surface area contributed by atoms with E-state index in [1.165, 1.54) is 4.31 Å². The van der Waals surface area contributed by atoms with E-state index in [0.717, 1.165) is 87.0 Å². The molecular weight excluding hydrogens is 761 g/mol. The van der Waals surface area contributed by atoms with Gasteiger partial charge in [0.05, 0.1) is 16.4 Å². The predicted molar refractivity (Wildman–Crippen MR) is 219 cm³/mol. The van der Waals surface area contributed by atoms with E-state index in [4.69, 9.17) is 4.98 Å². The first-order valence-electron chi connectivity index (χ1n) is 21.3. The van der Waals surface area contributed by atoms with Gasteiger partial charge in [0, 0.05) is 64.0 Å². The number of anilines is 2. The molecule has 0 radical (unpaired) electrons. The third-order valence-electron chi connectivity index (χ3n) is 14.2. The molecule has 2 aromatic heterocycles. The van der Waals surface area contributed by atoms with Gasteiger partial charge < -0.3 is 10.2 Å². The standard InChI is InChI=1S/C41H56N10O6S/c1-26-7-4-9-31(26)51-36-30(41(17-18-41)38(51)54)25-42-39(45-36)43-28-15-23-49(24-16-28)58(56,57)46(2)19-6-20-48-21-13-27(14-22-48)29-8-5-10-32-35(29)47(3)40(55)50(32)33-11-12-34(52)44-37(33)53/h5,8,10,25-28,31,33H,4,6-7,9,11-24H2,1-3H3,(H,42,43,45)(H,44,52,53)/t26-,31+,33?/m0/s1. The smallest absolute Gasteiger partial charge is 0.329 e. The van der Waals surface area contributed by atoms with E-state index in [9.17, 15) is 27.6 Å². The summed E-state index contributed by atoms with van der Waals surface area (Å²) in [6, 6.07) is 5.41. The van der Waals surface area contributed by atoms with E-state index < -0.39 is 27.6 Å². The number of rotatable bonds is 11. The highest BCUT2D eigenvalue weighted by molar-refractivity contribution is 7.86. The van der Waals surface area contributed by atoms with Crippen LogP contribution in [0.3, 0.4) is 0 Å². The molecule has 1 aromatic carbocycles. The topological polar surface area (TPSA) is 175 Å². The summed E-state index contributed by atoms with van der Waals surface area (Å²) in [6.07, 6.45) is 11.1. The number of piperidine rings is 3. The summed E-state index contributed by atoms with van der Waals surface area (Å²) in [5.74, 6) is 1.42. The number of hydrogen-bond donors (Lipinski definition) is 2. The lowest BCUT2D eigenvalue weighted by atomic mass is 9.88. The van der Waals surface area contributed by atoms with Crippen LogP contribution in [-0.4, -0.2) is 117 Å². The Morgan fingerprint density at radius 2 is 1.74 bits per heavy atom. The number of fused-ring (bicyclic) bond motifs is 3. The summed E-state index contributed by atoms with van der Waals surface area (Å²) in [5, 5.41) is 5.85. The van der Waals surface area contributed by atoms with Gasteiger partial charge in [-0.2, -0.15) is 22.0 Å². The molecule has 17 heteroatoms. The van der Waals surface area contributed by atoms with Crippen LogP contribution in [0.4, 0.5) is 11.8 Å². The minimum Gasteiger partial charge on any atom is -0.351 e. The molecule has 9 rings (SSSR count). The molecule has 1 unspecified atom stereocenters. The molecule has 2 aliphatic carbocycles. The molecule has 6 heterocycles. The van der Waals surface area contributed by atoms with Gasteiger partial charge in [-0.25, -0.2) is 9.78 Å². The van der Waals surface area contributed by atoms with E-state index in [2.05, 4.69) is 33.5 Å². The Bertz CT molecular complexity index is 2290. The normalized spacial score (nSPS) is 26.0. The summed E-state index contributed by atoms with van der Waals surface area (Å²) in [4.78, 5) is 65.5. The average Bonchev–Trinajstić information content (AvgIpc) is 3.78. The van der Waals surface area contributed by atoms with Crippen molar-refractivity contribution in [2.75, 3.05) is 56.5 Å². The van der Waals surface area contributed by atoms with Crippen molar-refractivity contribution < 1.29 is 22.8 Å². The molecule has 3 amide bonds. The Hall–Kier alpha value is -4.19. The van der Waals surface area contributed by atoms with Crippen molar-refractivity contribution in [3.63, 3.8) is 0 Å². The Labute approximate surface area is 339 Å². The zero-order chi connectivity index (χ0) is 40.5. The zero-order valence-electron chi connectivity index (χ0n) is 33.9. The number of carbonyl (C=O) groups excluding carboxylic acids is 3. The monoisotopic (exact) mass is 816 g/mol. The van der Waals surface area contributed by atoms with Gasteiger partial charge in [-0.15, -0.1) is 0 Å². The molecule has 312 valence electrons. The number of nitrogens with zero attached hydrogens (tertiary/aromatic N) is 8. The lowest BCUT2D eigenvalue weighted by Crippen LogP contribution is -2.48. The summed E-state index contributed by atoms with van der Waals surface area (Å²) < 4.78 is 33.5. The molecule has 3 atom stereocenters. The van der Waals surface area contributed by atoms with Crippen molar-refractivity contribution in [3.05, 3.63) is 46.0 Å². The van der Waals surface area contributed by atoms with Crippen LogP contribution in [0, 0.1) is 5.92 Å². The molecule has 2 N–H and O–H groups in total. The highest BCUT2D eigenvalue weighted by Crippen LogP contribution is 2.58. The Morgan fingerprint density at radius 3 is 2.43 bits per heavy atom. The largest absolute Gasteiger partial charge is 0.351 e. The maximum absolute atomic E-state index is 13.6. The third-order valence-corrected chi connectivity index (χ3v) is 16.2. The SMILES string of the molecule is C[C@H]1CCC[C@H]1N1C(=O)C2(CC2)c2cnc(NC3CCN(S(=O)(=O)N(C)CCCN4CCC(c5cccc6c5n(C)c(=O)n6C5CCC(=O)NC5=O)CC4)CC3)nc21. The van der Waals surface area contributed by atoms with Gasteiger partial charge in [-0.3, -0.25) is 33.7 Å². The van der Waals surface area contributed by atoms with Gasteiger partial charge in [0.15, 0.2) is 0 Å². The van der Waals surface area contributed by atoms with Gasteiger partial charge in [0.1, 0.15) is 11.9 Å². The van der Waals surface area contributed by atoms with Gasteiger partial charge >= 0.3 is 5.69 Å². The fraction of sp³-hybridized carbons (Fsp3) is 0.659. The first kappa shape index (κ1) is 39.3. The molecule has 1 spiro atoms. The van der Waals surface area contributed by atoms with Crippen molar-refractivity contribution in [2.24, 2.45) is 13.0 Å². The number of likely N-dealkylation sites (tertiary alicyclic amines) is 1. The van der Waals surface area contributed by atoms with Crippen LogP contribution in [0.1, 0.15) is 107 Å². The Morgan fingerprint density at radius 1 is 0.983 bits per heavy atom. The van der Waals surface area contributed by atoms with Crippen molar-refractivity contribution in [1.29, 1.82) is 0 Å². The van der Waals surface area contributed by atoms with Crippen LogP contribution in [0.15, 0.2) is 29.2 Å². The number of imide groups is 1. The summed E-state index contributed by atoms with van der Waals surface area (Å²) in [5.41, 5.74) is 2.93. The summed E-state index contributed by atoms with van der Waals surface area (Å²) in [6.45, 7) is 5.99. The number of amides is 3. The van der Waals surface area contributed by atoms with Crippen molar-refractivity contribution in [3.8, 4) is 0 Å². The molecule has 3 aromatic rings. The number of para-hydroxylation sites is 1. The summed E-state index contributed by atoms with van der Waals surface area (Å²) in [7, 11) is -0.202. The maximum atomic E-state index is 13.6. The molecule has 5 fully saturated rings. The van der Waals surface area contributed by atoms with Crippen molar-refractivity contribution in [2.45, 2.75) is 113 Å². The number of imidazole rings is 1. The van der Waals surface area contributed by atoms with E-state index in [1.54, 1.807) is 27.5 Å². The molecule has 6 aliphatic rings. The number of aromatic nitrogens is 4. The molecule has 16 nitrogen and oxygen atoms in total. The number of carbonyl (C=O) groups is 3. The molecule has 4 aliphatic heterocycles. The maximum Gasteiger partial charge on any atom is 0.329 e. The molecule has 0 bridgehead atoms. The fourth-order valence-electron chi connectivity index (χ4n) is 10.6. The molecule has 3 saturated heterocycles. The van der Waals surface area contributed by atoms with Crippen molar-refractivity contribution in [1.82, 2.24) is 37.9 Å². The minimum atomic E-state index is -3.62. The first-order valence-corrected chi connectivity index (χ1v) is 22.7. The quantitative estimate of drug-likeness (QED) is 0.274. The Kier molecular flexibility index (Phi) is 10.2. The first-order chi connectivity index (χ1) is 27.9. The second-order valence-electron chi connectivity index (χ2n) is 17.7.